The van der Waals surface area contributed by atoms with Gasteiger partial charge >= 0.3 is 0 Å². The highest BCUT2D eigenvalue weighted by Gasteiger charge is 2.33. The summed E-state index contributed by atoms with van der Waals surface area (Å²) in [5.74, 6) is 0.495. The normalized spacial score (nSPS) is 25.4. The van der Waals surface area contributed by atoms with Crippen molar-refractivity contribution in [1.29, 1.82) is 0 Å². The molecule has 106 valence electrons. The Labute approximate surface area is 110 Å². The molecule has 0 aromatic rings. The van der Waals surface area contributed by atoms with Crippen LogP contribution in [0.15, 0.2) is 0 Å². The molecule has 1 amide bonds. The van der Waals surface area contributed by atoms with Crippen molar-refractivity contribution in [2.75, 3.05) is 32.9 Å². The molecule has 3 atom stereocenters. The average Bonchev–Trinajstić information content (AvgIpc) is 2.74. The van der Waals surface area contributed by atoms with Crippen molar-refractivity contribution in [3.8, 4) is 0 Å². The van der Waals surface area contributed by atoms with Crippen LogP contribution in [-0.2, 0) is 14.3 Å². The average molecular weight is 258 g/mol. The second-order valence-electron chi connectivity index (χ2n) is 4.89. The fraction of sp³-hybridized carbons (Fsp3) is 0.923. The number of likely N-dealkylation sites (tertiary alicyclic amines) is 1. The van der Waals surface area contributed by atoms with Gasteiger partial charge in [0.2, 0.25) is 0 Å². The highest BCUT2D eigenvalue weighted by Crippen LogP contribution is 2.23. The first-order valence-electron chi connectivity index (χ1n) is 6.80. The minimum absolute atomic E-state index is 0.0648. The Morgan fingerprint density at radius 2 is 2.22 bits per heavy atom. The van der Waals surface area contributed by atoms with Crippen LogP contribution in [0.1, 0.15) is 27.2 Å². The van der Waals surface area contributed by atoms with Crippen molar-refractivity contribution in [2.24, 2.45) is 11.7 Å². The Morgan fingerprint density at radius 1 is 1.50 bits per heavy atom. The summed E-state index contributed by atoms with van der Waals surface area (Å²) in [4.78, 5) is 14.1. The van der Waals surface area contributed by atoms with Gasteiger partial charge < -0.3 is 20.1 Å². The molecule has 0 spiro atoms. The fourth-order valence-corrected chi connectivity index (χ4v) is 2.35. The van der Waals surface area contributed by atoms with E-state index >= 15 is 0 Å². The maximum Gasteiger partial charge on any atom is 0.251 e. The summed E-state index contributed by atoms with van der Waals surface area (Å²) in [6, 6.07) is 0.268. The monoisotopic (exact) mass is 258 g/mol. The van der Waals surface area contributed by atoms with Crippen LogP contribution in [0.4, 0.5) is 0 Å². The molecule has 1 heterocycles. The SMILES string of the molecule is CCOCCOC(C)C(=O)N1CC(CN)CC1C. The lowest BCUT2D eigenvalue weighted by molar-refractivity contribution is -0.144. The molecule has 0 saturated carbocycles. The van der Waals surface area contributed by atoms with E-state index < -0.39 is 6.10 Å². The molecule has 1 aliphatic heterocycles. The quantitative estimate of drug-likeness (QED) is 0.680. The minimum Gasteiger partial charge on any atom is -0.379 e. The van der Waals surface area contributed by atoms with Crippen molar-refractivity contribution in [2.45, 2.75) is 39.3 Å². The summed E-state index contributed by atoms with van der Waals surface area (Å²) in [6.07, 6.45) is 0.595. The fourth-order valence-electron chi connectivity index (χ4n) is 2.35. The molecule has 1 rings (SSSR count). The van der Waals surface area contributed by atoms with Crippen molar-refractivity contribution < 1.29 is 14.3 Å². The molecule has 5 nitrogen and oxygen atoms in total. The second-order valence-corrected chi connectivity index (χ2v) is 4.89. The van der Waals surface area contributed by atoms with Crippen LogP contribution in [0.2, 0.25) is 0 Å². The molecule has 0 radical (unpaired) electrons. The van der Waals surface area contributed by atoms with E-state index in [-0.39, 0.29) is 11.9 Å². The third-order valence-corrected chi connectivity index (χ3v) is 3.43. The van der Waals surface area contributed by atoms with Crippen molar-refractivity contribution in [1.82, 2.24) is 4.90 Å². The summed E-state index contributed by atoms with van der Waals surface area (Å²) < 4.78 is 10.7. The van der Waals surface area contributed by atoms with Gasteiger partial charge in [-0.15, -0.1) is 0 Å². The molecule has 0 aliphatic carbocycles. The molecule has 2 N–H and O–H groups in total. The lowest BCUT2D eigenvalue weighted by Gasteiger charge is -2.25. The van der Waals surface area contributed by atoms with E-state index in [1.54, 1.807) is 6.92 Å². The molecule has 18 heavy (non-hydrogen) atoms. The van der Waals surface area contributed by atoms with Crippen LogP contribution in [0, 0.1) is 5.92 Å². The number of carbonyl (C=O) groups is 1. The number of carbonyl (C=O) groups excluding carboxylic acids is 1. The molecule has 0 bridgehead atoms. The molecule has 5 heteroatoms. The van der Waals surface area contributed by atoms with Gasteiger partial charge in [-0.2, -0.15) is 0 Å². The molecule has 1 saturated heterocycles. The number of hydrogen-bond donors (Lipinski definition) is 1. The van der Waals surface area contributed by atoms with Gasteiger partial charge in [0.1, 0.15) is 6.10 Å². The van der Waals surface area contributed by atoms with Crippen LogP contribution >= 0.6 is 0 Å². The number of nitrogens with two attached hydrogens (primary N) is 1. The zero-order valence-corrected chi connectivity index (χ0v) is 11.7. The summed E-state index contributed by atoms with van der Waals surface area (Å²) >= 11 is 0. The Morgan fingerprint density at radius 3 is 2.78 bits per heavy atom. The van der Waals surface area contributed by atoms with Gasteiger partial charge in [0, 0.05) is 19.2 Å². The van der Waals surface area contributed by atoms with Crippen molar-refractivity contribution in [3.63, 3.8) is 0 Å². The van der Waals surface area contributed by atoms with E-state index in [4.69, 9.17) is 15.2 Å². The van der Waals surface area contributed by atoms with Crippen LogP contribution in [0.3, 0.4) is 0 Å². The largest absolute Gasteiger partial charge is 0.379 e. The lowest BCUT2D eigenvalue weighted by atomic mass is 10.1. The predicted octanol–water partition coefficient (Wildman–Crippen LogP) is 0.624. The molecule has 1 fully saturated rings. The standard InChI is InChI=1S/C13H26N2O3/c1-4-17-5-6-18-11(3)13(16)15-9-12(8-14)7-10(15)2/h10-12H,4-9,14H2,1-3H3. The summed E-state index contributed by atoms with van der Waals surface area (Å²) in [7, 11) is 0. The van der Waals surface area contributed by atoms with E-state index in [9.17, 15) is 4.79 Å². The van der Waals surface area contributed by atoms with Crippen LogP contribution in [-0.4, -0.2) is 55.9 Å². The summed E-state index contributed by atoms with van der Waals surface area (Å²) in [5.41, 5.74) is 5.66. The predicted molar refractivity (Wildman–Crippen MR) is 70.2 cm³/mol. The Kier molecular flexibility index (Phi) is 6.60. The van der Waals surface area contributed by atoms with Gasteiger partial charge in [0.25, 0.3) is 5.91 Å². The van der Waals surface area contributed by atoms with E-state index in [1.807, 2.05) is 11.8 Å². The van der Waals surface area contributed by atoms with E-state index in [1.165, 1.54) is 0 Å². The molecular weight excluding hydrogens is 232 g/mol. The number of ether oxygens (including phenoxy) is 2. The lowest BCUT2D eigenvalue weighted by Crippen LogP contribution is -2.41. The van der Waals surface area contributed by atoms with Crippen molar-refractivity contribution >= 4 is 5.91 Å². The minimum atomic E-state index is -0.399. The van der Waals surface area contributed by atoms with Crippen LogP contribution in [0.25, 0.3) is 0 Å². The molecule has 3 unspecified atom stereocenters. The second kappa shape index (κ2) is 7.71. The highest BCUT2D eigenvalue weighted by atomic mass is 16.5. The van der Waals surface area contributed by atoms with Gasteiger partial charge in [-0.3, -0.25) is 4.79 Å². The van der Waals surface area contributed by atoms with Gasteiger partial charge in [-0.05, 0) is 39.7 Å². The van der Waals surface area contributed by atoms with Crippen LogP contribution < -0.4 is 5.73 Å². The first kappa shape index (κ1) is 15.4. The maximum atomic E-state index is 12.2. The number of hydrogen-bond acceptors (Lipinski definition) is 4. The highest BCUT2D eigenvalue weighted by molar-refractivity contribution is 5.81. The summed E-state index contributed by atoms with van der Waals surface area (Å²) in [6.45, 7) is 8.89. The van der Waals surface area contributed by atoms with Crippen molar-refractivity contribution in [3.05, 3.63) is 0 Å². The molecular formula is C13H26N2O3. The number of amides is 1. The van der Waals surface area contributed by atoms with E-state index in [2.05, 4.69) is 6.92 Å². The van der Waals surface area contributed by atoms with E-state index in [0.29, 0.717) is 32.3 Å². The third-order valence-electron chi connectivity index (χ3n) is 3.43. The van der Waals surface area contributed by atoms with Gasteiger partial charge in [-0.25, -0.2) is 0 Å². The molecule has 1 aliphatic rings. The van der Waals surface area contributed by atoms with Gasteiger partial charge in [0.05, 0.1) is 13.2 Å². The first-order valence-corrected chi connectivity index (χ1v) is 6.80. The Balaban J connectivity index is 2.34. The Bertz CT molecular complexity index is 261. The van der Waals surface area contributed by atoms with Gasteiger partial charge in [0.15, 0.2) is 0 Å². The van der Waals surface area contributed by atoms with Gasteiger partial charge in [-0.1, -0.05) is 0 Å². The molecule has 0 aromatic heterocycles. The number of nitrogens with zero attached hydrogens (tertiary/aromatic N) is 1. The van der Waals surface area contributed by atoms with Crippen LogP contribution in [0.5, 0.6) is 0 Å². The zero-order valence-electron chi connectivity index (χ0n) is 11.7. The number of rotatable bonds is 7. The maximum absolute atomic E-state index is 12.2. The smallest absolute Gasteiger partial charge is 0.251 e. The first-order chi connectivity index (χ1) is 8.60. The molecule has 0 aromatic carbocycles. The topological polar surface area (TPSA) is 64.8 Å². The third kappa shape index (κ3) is 4.23. The summed E-state index contributed by atoms with van der Waals surface area (Å²) in [5, 5.41) is 0. The Hall–Kier alpha value is -0.650. The zero-order chi connectivity index (χ0) is 13.5. The van der Waals surface area contributed by atoms with E-state index in [0.717, 1.165) is 13.0 Å².